The van der Waals surface area contributed by atoms with Crippen molar-refractivity contribution in [1.29, 1.82) is 0 Å². The van der Waals surface area contributed by atoms with E-state index in [9.17, 15) is 0 Å². The zero-order chi connectivity index (χ0) is 17.3. The average Bonchev–Trinajstić information content (AvgIpc) is 2.88. The smallest absolute Gasteiger partial charge is 0.242 e. The second-order valence-electron chi connectivity index (χ2n) is 9.14. The molecule has 2 heteroatoms. The lowest BCUT2D eigenvalue weighted by atomic mass is 9.62. The zero-order valence-corrected chi connectivity index (χ0v) is 15.9. The molecule has 0 spiro atoms. The Bertz CT molecular complexity index is 557. The number of allylic oxidation sites excluding steroid dienone is 3. The Labute approximate surface area is 154 Å². The molecular weight excluding hydrogens is 304 g/mol. The minimum atomic E-state index is -0.137. The largest absolute Gasteiger partial charge is 0.309 e. The van der Waals surface area contributed by atoms with Crippen molar-refractivity contribution in [2.24, 2.45) is 17.8 Å². The Morgan fingerprint density at radius 2 is 1.84 bits per heavy atom. The Kier molecular flexibility index (Phi) is 5.05. The first-order valence-electron chi connectivity index (χ1n) is 10.6. The van der Waals surface area contributed by atoms with E-state index in [-0.39, 0.29) is 5.54 Å². The van der Waals surface area contributed by atoms with Crippen LogP contribution in [0.15, 0.2) is 24.3 Å². The summed E-state index contributed by atoms with van der Waals surface area (Å²) in [5.74, 6) is 1.83. The summed E-state index contributed by atoms with van der Waals surface area (Å²) in [6, 6.07) is 1.58. The van der Waals surface area contributed by atoms with Crippen LogP contribution in [0.25, 0.3) is 4.85 Å². The number of fused-ring (bicyclic) bond motifs is 2. The van der Waals surface area contributed by atoms with Crippen molar-refractivity contribution in [2.75, 3.05) is 7.05 Å². The monoisotopic (exact) mass is 338 g/mol. The van der Waals surface area contributed by atoms with Crippen molar-refractivity contribution in [2.45, 2.75) is 88.3 Å². The van der Waals surface area contributed by atoms with Gasteiger partial charge in [-0.25, -0.2) is 6.57 Å². The molecule has 2 heterocycles. The SMILES string of the molecule is [C-]#[N+][C@](CC1C[C@H]2CC[C@@H](C1)N2C)(C1CC=CCC1)[C@H]1C=CCCC1. The Morgan fingerprint density at radius 3 is 2.44 bits per heavy atom. The van der Waals surface area contributed by atoms with Gasteiger partial charge in [0.2, 0.25) is 5.54 Å². The predicted octanol–water partition coefficient (Wildman–Crippen LogP) is 5.62. The molecule has 0 saturated carbocycles. The third-order valence-corrected chi connectivity index (χ3v) is 7.89. The van der Waals surface area contributed by atoms with Crippen molar-refractivity contribution in [3.63, 3.8) is 0 Å². The van der Waals surface area contributed by atoms with Crippen LogP contribution in [0.5, 0.6) is 0 Å². The summed E-state index contributed by atoms with van der Waals surface area (Å²) in [6.45, 7) is 8.31. The fourth-order valence-corrected chi connectivity index (χ4v) is 6.47. The third-order valence-electron chi connectivity index (χ3n) is 7.89. The Hall–Kier alpha value is -1.07. The van der Waals surface area contributed by atoms with Gasteiger partial charge >= 0.3 is 0 Å². The molecule has 4 aliphatic rings. The van der Waals surface area contributed by atoms with Crippen LogP contribution in [0.3, 0.4) is 0 Å². The summed E-state index contributed by atoms with van der Waals surface area (Å²) >= 11 is 0. The van der Waals surface area contributed by atoms with Gasteiger partial charge in [-0.3, -0.25) is 0 Å². The first kappa shape index (κ1) is 17.3. The molecular formula is C23H34N2. The topological polar surface area (TPSA) is 7.60 Å². The van der Waals surface area contributed by atoms with E-state index in [1.165, 1.54) is 57.8 Å². The van der Waals surface area contributed by atoms with Crippen molar-refractivity contribution < 1.29 is 0 Å². The minimum Gasteiger partial charge on any atom is -0.309 e. The van der Waals surface area contributed by atoms with Crippen molar-refractivity contribution in [1.82, 2.24) is 4.90 Å². The molecule has 6 atom stereocenters. The predicted molar refractivity (Wildman–Crippen MR) is 104 cm³/mol. The first-order valence-corrected chi connectivity index (χ1v) is 10.6. The first-order chi connectivity index (χ1) is 12.2. The van der Waals surface area contributed by atoms with Crippen molar-refractivity contribution in [3.05, 3.63) is 35.7 Å². The van der Waals surface area contributed by atoms with Crippen molar-refractivity contribution >= 4 is 0 Å². The number of piperidine rings is 1. The molecule has 0 aromatic rings. The molecule has 0 N–H and O–H groups in total. The van der Waals surface area contributed by atoms with Crippen LogP contribution in [0.2, 0.25) is 0 Å². The van der Waals surface area contributed by atoms with Crippen LogP contribution in [0, 0.1) is 24.3 Å². The van der Waals surface area contributed by atoms with E-state index < -0.39 is 0 Å². The lowest BCUT2D eigenvalue weighted by molar-refractivity contribution is 0.0952. The molecule has 2 bridgehead atoms. The lowest BCUT2D eigenvalue weighted by Crippen LogP contribution is -2.47. The molecule has 2 aliphatic carbocycles. The van der Waals surface area contributed by atoms with Gasteiger partial charge in [0.1, 0.15) is 0 Å². The Morgan fingerprint density at radius 1 is 1.04 bits per heavy atom. The van der Waals surface area contributed by atoms with Gasteiger partial charge in [0, 0.05) is 24.4 Å². The molecule has 2 aliphatic heterocycles. The molecule has 2 nitrogen and oxygen atoms in total. The van der Waals surface area contributed by atoms with Gasteiger partial charge in [-0.15, -0.1) is 0 Å². The van der Waals surface area contributed by atoms with E-state index in [1.54, 1.807) is 0 Å². The fourth-order valence-electron chi connectivity index (χ4n) is 6.47. The average molecular weight is 339 g/mol. The highest BCUT2D eigenvalue weighted by atomic mass is 15.2. The lowest BCUT2D eigenvalue weighted by Gasteiger charge is -2.43. The van der Waals surface area contributed by atoms with E-state index in [2.05, 4.69) is 41.1 Å². The van der Waals surface area contributed by atoms with Crippen LogP contribution in [-0.4, -0.2) is 29.6 Å². The standard InChI is InChI=1S/C23H34N2/c1-24-23(19-9-5-3-6-10-19,20-11-7-4-8-12-20)17-18-15-21-13-14-22(16-18)25(21)2/h3,5,7,11,18-22H,4,6,8-10,12-17H2,2H3/t18?,19?,20-,21-,22+,23+/m0/s1. The van der Waals surface area contributed by atoms with E-state index in [4.69, 9.17) is 6.57 Å². The molecule has 0 aromatic carbocycles. The van der Waals surface area contributed by atoms with Gasteiger partial charge in [0.15, 0.2) is 0 Å². The summed E-state index contributed by atoms with van der Waals surface area (Å²) in [7, 11) is 2.33. The maximum Gasteiger partial charge on any atom is 0.242 e. The van der Waals surface area contributed by atoms with Crippen LogP contribution < -0.4 is 0 Å². The minimum absolute atomic E-state index is 0.137. The van der Waals surface area contributed by atoms with Crippen molar-refractivity contribution in [3.8, 4) is 0 Å². The fraction of sp³-hybridized carbons (Fsp3) is 0.783. The van der Waals surface area contributed by atoms with Gasteiger partial charge in [-0.05, 0) is 77.2 Å². The van der Waals surface area contributed by atoms with Crippen LogP contribution in [0.4, 0.5) is 0 Å². The highest BCUT2D eigenvalue weighted by Crippen LogP contribution is 2.49. The molecule has 136 valence electrons. The summed E-state index contributed by atoms with van der Waals surface area (Å²) < 4.78 is 0. The molecule has 0 amide bonds. The van der Waals surface area contributed by atoms with E-state index >= 15 is 0 Å². The number of hydrogen-bond donors (Lipinski definition) is 0. The maximum absolute atomic E-state index is 8.31. The van der Waals surface area contributed by atoms with E-state index in [0.29, 0.717) is 11.8 Å². The number of rotatable bonds is 4. The van der Waals surface area contributed by atoms with E-state index in [0.717, 1.165) is 30.8 Å². The molecule has 25 heavy (non-hydrogen) atoms. The highest BCUT2D eigenvalue weighted by Gasteiger charge is 2.53. The quantitative estimate of drug-likeness (QED) is 0.477. The molecule has 2 fully saturated rings. The van der Waals surface area contributed by atoms with Gasteiger partial charge in [-0.2, -0.15) is 0 Å². The van der Waals surface area contributed by atoms with Crippen LogP contribution in [0.1, 0.15) is 70.6 Å². The molecule has 2 unspecified atom stereocenters. The van der Waals surface area contributed by atoms with E-state index in [1.807, 2.05) is 0 Å². The summed E-state index contributed by atoms with van der Waals surface area (Å²) in [5.41, 5.74) is -0.137. The summed E-state index contributed by atoms with van der Waals surface area (Å²) in [5, 5.41) is 0. The van der Waals surface area contributed by atoms with Crippen LogP contribution >= 0.6 is 0 Å². The second-order valence-corrected chi connectivity index (χ2v) is 9.14. The molecule has 0 aromatic heterocycles. The normalized spacial score (nSPS) is 40.6. The number of hydrogen-bond acceptors (Lipinski definition) is 1. The van der Waals surface area contributed by atoms with Crippen LogP contribution in [-0.2, 0) is 0 Å². The van der Waals surface area contributed by atoms with Gasteiger partial charge < -0.3 is 9.74 Å². The maximum atomic E-state index is 8.31. The molecule has 2 saturated heterocycles. The zero-order valence-electron chi connectivity index (χ0n) is 15.9. The second kappa shape index (κ2) is 7.28. The van der Waals surface area contributed by atoms with Gasteiger partial charge in [0.25, 0.3) is 0 Å². The summed E-state index contributed by atoms with van der Waals surface area (Å²) in [6.07, 6.45) is 23.4. The highest BCUT2D eigenvalue weighted by molar-refractivity contribution is 5.18. The summed E-state index contributed by atoms with van der Waals surface area (Å²) in [4.78, 5) is 7.14. The Balaban J connectivity index is 1.58. The molecule has 0 radical (unpaired) electrons. The van der Waals surface area contributed by atoms with Gasteiger partial charge in [0.05, 0.1) is 5.92 Å². The number of nitrogens with zero attached hydrogens (tertiary/aromatic N) is 2. The molecule has 4 rings (SSSR count). The van der Waals surface area contributed by atoms with Gasteiger partial charge in [-0.1, -0.05) is 24.3 Å². The third kappa shape index (κ3) is 3.21.